The minimum atomic E-state index is -1.50. The molecule has 11 nitrogen and oxygen atoms in total. The lowest BCUT2D eigenvalue weighted by Crippen LogP contribution is -2.61. The molecule has 3 amide bonds. The van der Waals surface area contributed by atoms with Crippen LogP contribution in [0.4, 0.5) is 0 Å². The van der Waals surface area contributed by atoms with Gasteiger partial charge in [0.05, 0.1) is 37.3 Å². The zero-order valence-electron chi connectivity index (χ0n) is 29.9. The Labute approximate surface area is 290 Å². The Hall–Kier alpha value is -3.54. The molecule has 49 heavy (non-hydrogen) atoms. The van der Waals surface area contributed by atoms with E-state index in [-0.39, 0.29) is 36.9 Å². The molecule has 0 saturated carbocycles. The first-order chi connectivity index (χ1) is 23.2. The van der Waals surface area contributed by atoms with Crippen LogP contribution in [-0.4, -0.2) is 101 Å². The number of likely N-dealkylation sites (tertiary alicyclic amines) is 1. The Morgan fingerprint density at radius 1 is 1.06 bits per heavy atom. The SMILES string of the molecule is CC[C@@H](CO)N1C(=O)[C@H]2[C@@H]3C(=O)O[C@@H](c4ccccc4)[C@H](COC)NC(=O)CC/C=C\[C@@H]3O[C@]23C=CCN(C(C)(C)CC(C)(C)C)C(=O)[C@H]13. The fourth-order valence-electron chi connectivity index (χ4n) is 8.57. The van der Waals surface area contributed by atoms with Crippen molar-refractivity contribution in [2.75, 3.05) is 26.9 Å². The Balaban J connectivity index is 1.63. The van der Waals surface area contributed by atoms with Crippen molar-refractivity contribution < 1.29 is 38.5 Å². The minimum absolute atomic E-state index is 0.0767. The van der Waals surface area contributed by atoms with Gasteiger partial charge in [0, 0.05) is 25.6 Å². The monoisotopic (exact) mass is 679 g/mol. The number of benzene rings is 1. The lowest BCUT2D eigenvalue weighted by atomic mass is 9.77. The van der Waals surface area contributed by atoms with Gasteiger partial charge in [0.1, 0.15) is 23.7 Å². The number of nitrogens with one attached hydrogen (secondary N) is 1. The second-order valence-electron chi connectivity index (χ2n) is 15.6. The van der Waals surface area contributed by atoms with Crippen LogP contribution in [0.15, 0.2) is 54.6 Å². The van der Waals surface area contributed by atoms with Crippen LogP contribution in [0.2, 0.25) is 0 Å². The van der Waals surface area contributed by atoms with Gasteiger partial charge in [0.25, 0.3) is 0 Å². The number of aliphatic hydroxyl groups is 1. The molecule has 4 aliphatic heterocycles. The molecule has 0 radical (unpaired) electrons. The van der Waals surface area contributed by atoms with Crippen molar-refractivity contribution in [1.29, 1.82) is 0 Å². The summed E-state index contributed by atoms with van der Waals surface area (Å²) >= 11 is 0. The van der Waals surface area contributed by atoms with E-state index in [0.29, 0.717) is 31.4 Å². The summed E-state index contributed by atoms with van der Waals surface area (Å²) in [4.78, 5) is 60.6. The minimum Gasteiger partial charge on any atom is -0.455 e. The van der Waals surface area contributed by atoms with E-state index < -0.39 is 65.2 Å². The van der Waals surface area contributed by atoms with E-state index in [1.807, 2.05) is 57.2 Å². The third-order valence-electron chi connectivity index (χ3n) is 10.3. The molecule has 0 unspecified atom stereocenters. The number of methoxy groups -OCH3 is 1. The van der Waals surface area contributed by atoms with E-state index in [4.69, 9.17) is 14.2 Å². The van der Waals surface area contributed by atoms with Gasteiger partial charge in [-0.2, -0.15) is 0 Å². The number of ether oxygens (including phenoxy) is 3. The van der Waals surface area contributed by atoms with Gasteiger partial charge in [0.15, 0.2) is 0 Å². The number of hydrogen-bond acceptors (Lipinski definition) is 8. The number of allylic oxidation sites excluding steroid dienone is 1. The van der Waals surface area contributed by atoms with Crippen LogP contribution in [0.25, 0.3) is 0 Å². The van der Waals surface area contributed by atoms with Gasteiger partial charge in [-0.25, -0.2) is 0 Å². The second kappa shape index (κ2) is 14.4. The van der Waals surface area contributed by atoms with Gasteiger partial charge >= 0.3 is 5.97 Å². The highest BCUT2D eigenvalue weighted by molar-refractivity contribution is 5.99. The Bertz CT molecular complexity index is 1450. The number of esters is 1. The molecule has 0 bridgehead atoms. The number of carbonyl (C=O) groups excluding carboxylic acids is 4. The number of fused-ring (bicyclic) bond motifs is 2. The molecule has 2 N–H and O–H groups in total. The van der Waals surface area contributed by atoms with Crippen molar-refractivity contribution in [3.05, 3.63) is 60.2 Å². The highest BCUT2D eigenvalue weighted by atomic mass is 16.6. The van der Waals surface area contributed by atoms with Gasteiger partial charge in [-0.3, -0.25) is 19.2 Å². The predicted molar refractivity (Wildman–Crippen MR) is 183 cm³/mol. The molecule has 8 atom stereocenters. The van der Waals surface area contributed by atoms with Crippen LogP contribution in [0.5, 0.6) is 0 Å². The molecule has 4 aliphatic rings. The van der Waals surface area contributed by atoms with Gasteiger partial charge in [-0.05, 0) is 44.1 Å². The lowest BCUT2D eigenvalue weighted by Gasteiger charge is -2.45. The molecule has 2 fully saturated rings. The molecule has 268 valence electrons. The van der Waals surface area contributed by atoms with Gasteiger partial charge in [0.2, 0.25) is 17.7 Å². The van der Waals surface area contributed by atoms with Gasteiger partial charge in [-0.1, -0.05) is 82.3 Å². The number of cyclic esters (lactones) is 1. The summed E-state index contributed by atoms with van der Waals surface area (Å²) < 4.78 is 18.6. The quantitative estimate of drug-likeness (QED) is 0.314. The molecule has 5 rings (SSSR count). The summed E-state index contributed by atoms with van der Waals surface area (Å²) in [6.45, 7) is 12.3. The van der Waals surface area contributed by atoms with E-state index in [1.54, 1.807) is 23.1 Å². The van der Waals surface area contributed by atoms with Crippen LogP contribution in [0.3, 0.4) is 0 Å². The Morgan fingerprint density at radius 2 is 1.78 bits per heavy atom. The van der Waals surface area contributed by atoms with Crippen molar-refractivity contribution in [3.63, 3.8) is 0 Å². The van der Waals surface area contributed by atoms with E-state index in [0.717, 1.165) is 0 Å². The third kappa shape index (κ3) is 7.07. The molecule has 0 aromatic heterocycles. The molecule has 1 aromatic carbocycles. The van der Waals surface area contributed by atoms with Gasteiger partial charge in [-0.15, -0.1) is 0 Å². The first kappa shape index (κ1) is 36.7. The van der Waals surface area contributed by atoms with Crippen LogP contribution in [0, 0.1) is 17.3 Å². The highest BCUT2D eigenvalue weighted by Crippen LogP contribution is 2.54. The number of rotatable bonds is 8. The van der Waals surface area contributed by atoms with Crippen molar-refractivity contribution in [2.24, 2.45) is 17.3 Å². The molecular formula is C38H53N3O8. The first-order valence-corrected chi connectivity index (χ1v) is 17.5. The topological polar surface area (TPSA) is 135 Å². The standard InChI is InChI=1S/C38H53N3O8/c1-8-25(21-42)41-32-34(45)40(37(5,6)23-36(2,3)4)20-14-19-38(32)30(33(41)44)29-27(49-38)17-12-13-18-28(43)39-26(22-47-7)31(48-35(29)46)24-15-10-9-11-16-24/h9-12,14-17,19,25-27,29-32,42H,8,13,18,20-23H2,1-7H3,(H,39,43)/b17-12-/t25-,26-,27-,29+,30+,31-,32-,38+/m0/s1. The van der Waals surface area contributed by atoms with Crippen LogP contribution >= 0.6 is 0 Å². The van der Waals surface area contributed by atoms with Crippen molar-refractivity contribution >= 4 is 23.7 Å². The normalized spacial score (nSPS) is 32.2. The number of hydrogen-bond donors (Lipinski definition) is 2. The molecular weight excluding hydrogens is 626 g/mol. The van der Waals surface area contributed by atoms with Crippen molar-refractivity contribution in [2.45, 2.75) is 109 Å². The van der Waals surface area contributed by atoms with Crippen LogP contribution < -0.4 is 5.32 Å². The molecule has 4 heterocycles. The average molecular weight is 680 g/mol. The Kier molecular flexibility index (Phi) is 10.8. The number of aliphatic hydroxyl groups excluding tert-OH is 1. The van der Waals surface area contributed by atoms with Crippen LogP contribution in [0.1, 0.15) is 78.9 Å². The maximum atomic E-state index is 14.9. The zero-order chi connectivity index (χ0) is 35.7. The largest absolute Gasteiger partial charge is 0.455 e. The predicted octanol–water partition coefficient (Wildman–Crippen LogP) is 3.72. The Morgan fingerprint density at radius 3 is 2.41 bits per heavy atom. The van der Waals surface area contributed by atoms with E-state index >= 15 is 0 Å². The zero-order valence-corrected chi connectivity index (χ0v) is 29.9. The van der Waals surface area contributed by atoms with Crippen molar-refractivity contribution in [3.8, 4) is 0 Å². The lowest BCUT2D eigenvalue weighted by molar-refractivity contribution is -0.163. The average Bonchev–Trinajstić information content (AvgIpc) is 3.41. The maximum Gasteiger partial charge on any atom is 0.313 e. The summed E-state index contributed by atoms with van der Waals surface area (Å²) in [6.07, 6.45) is 6.99. The fraction of sp³-hybridized carbons (Fsp3) is 0.632. The molecule has 0 aliphatic carbocycles. The summed E-state index contributed by atoms with van der Waals surface area (Å²) in [5.41, 5.74) is -1.51. The van der Waals surface area contributed by atoms with E-state index in [1.165, 1.54) is 12.0 Å². The first-order valence-electron chi connectivity index (χ1n) is 17.5. The van der Waals surface area contributed by atoms with Crippen LogP contribution in [-0.2, 0) is 33.4 Å². The highest BCUT2D eigenvalue weighted by Gasteiger charge is 2.73. The number of carbonyl (C=O) groups is 4. The smallest absolute Gasteiger partial charge is 0.313 e. The van der Waals surface area contributed by atoms with E-state index in [2.05, 4.69) is 26.1 Å². The summed E-state index contributed by atoms with van der Waals surface area (Å²) in [5, 5.41) is 13.5. The number of nitrogens with zero attached hydrogens (tertiary/aromatic N) is 2. The summed E-state index contributed by atoms with van der Waals surface area (Å²) in [5.74, 6) is -3.82. The maximum absolute atomic E-state index is 14.9. The molecule has 11 heteroatoms. The third-order valence-corrected chi connectivity index (χ3v) is 10.3. The number of amides is 3. The van der Waals surface area contributed by atoms with Crippen molar-refractivity contribution in [1.82, 2.24) is 15.1 Å². The summed E-state index contributed by atoms with van der Waals surface area (Å²) in [6, 6.07) is 6.63. The molecule has 1 aromatic rings. The second-order valence-corrected chi connectivity index (χ2v) is 15.6. The molecule has 1 spiro atoms. The fourth-order valence-corrected chi connectivity index (χ4v) is 8.57. The van der Waals surface area contributed by atoms with E-state index in [9.17, 15) is 24.3 Å². The van der Waals surface area contributed by atoms with Gasteiger partial charge < -0.3 is 34.4 Å². The molecule has 2 saturated heterocycles. The summed E-state index contributed by atoms with van der Waals surface area (Å²) in [7, 11) is 1.51.